The second-order valence-electron chi connectivity index (χ2n) is 7.60. The molecule has 4 amide bonds. The highest BCUT2D eigenvalue weighted by molar-refractivity contribution is 6.11. The molecule has 1 aliphatic heterocycles. The standard InChI is InChI=1S/C23H18F3N3O3/c1-22(18-8-4-6-14-5-2-3-7-17(14)18)20(31)29(21(32)28-22)13-19(30)27-16-11-9-15(10-12-16)23(24,25)26/h2-12H,13H2,1H3,(H,27,30)(H,28,32). The Morgan fingerprint density at radius 1 is 1.00 bits per heavy atom. The molecule has 32 heavy (non-hydrogen) atoms. The van der Waals surface area contributed by atoms with E-state index in [2.05, 4.69) is 10.6 Å². The zero-order chi connectivity index (χ0) is 23.1. The third-order valence-electron chi connectivity index (χ3n) is 5.40. The molecule has 1 unspecified atom stereocenters. The molecule has 1 heterocycles. The van der Waals surface area contributed by atoms with Gasteiger partial charge in [-0.3, -0.25) is 14.5 Å². The number of hydrogen-bond donors (Lipinski definition) is 2. The largest absolute Gasteiger partial charge is 0.416 e. The number of fused-ring (bicyclic) bond motifs is 1. The summed E-state index contributed by atoms with van der Waals surface area (Å²) in [6.45, 7) is 0.995. The number of amides is 4. The summed E-state index contributed by atoms with van der Waals surface area (Å²) >= 11 is 0. The minimum absolute atomic E-state index is 0.117. The molecule has 9 heteroatoms. The van der Waals surface area contributed by atoms with E-state index in [1.165, 1.54) is 0 Å². The molecule has 0 spiro atoms. The molecule has 164 valence electrons. The molecule has 1 atom stereocenters. The van der Waals surface area contributed by atoms with Gasteiger partial charge < -0.3 is 10.6 Å². The smallest absolute Gasteiger partial charge is 0.325 e. The molecule has 0 aliphatic carbocycles. The van der Waals surface area contributed by atoms with E-state index < -0.39 is 41.7 Å². The van der Waals surface area contributed by atoms with Gasteiger partial charge in [-0.05, 0) is 47.5 Å². The highest BCUT2D eigenvalue weighted by atomic mass is 19.4. The van der Waals surface area contributed by atoms with Crippen LogP contribution in [0.2, 0.25) is 0 Å². The van der Waals surface area contributed by atoms with Gasteiger partial charge in [0.25, 0.3) is 5.91 Å². The summed E-state index contributed by atoms with van der Waals surface area (Å²) in [6.07, 6.45) is -4.49. The summed E-state index contributed by atoms with van der Waals surface area (Å²) < 4.78 is 38.0. The molecule has 2 N–H and O–H groups in total. The van der Waals surface area contributed by atoms with Crippen molar-refractivity contribution >= 4 is 34.3 Å². The lowest BCUT2D eigenvalue weighted by molar-refractivity contribution is -0.137. The number of anilines is 1. The van der Waals surface area contributed by atoms with Gasteiger partial charge in [0, 0.05) is 5.69 Å². The van der Waals surface area contributed by atoms with Gasteiger partial charge in [0.2, 0.25) is 5.91 Å². The van der Waals surface area contributed by atoms with Gasteiger partial charge in [-0.1, -0.05) is 42.5 Å². The first-order chi connectivity index (χ1) is 15.1. The number of urea groups is 1. The summed E-state index contributed by atoms with van der Waals surface area (Å²) in [4.78, 5) is 38.9. The predicted octanol–water partition coefficient (Wildman–Crippen LogP) is 4.26. The molecule has 1 fully saturated rings. The number of halogens is 3. The Morgan fingerprint density at radius 2 is 1.66 bits per heavy atom. The topological polar surface area (TPSA) is 78.5 Å². The Hall–Kier alpha value is -3.88. The molecule has 0 saturated carbocycles. The third-order valence-corrected chi connectivity index (χ3v) is 5.40. The van der Waals surface area contributed by atoms with Crippen LogP contribution in [0.1, 0.15) is 18.1 Å². The Balaban J connectivity index is 1.52. The van der Waals surface area contributed by atoms with Crippen molar-refractivity contribution in [3.63, 3.8) is 0 Å². The van der Waals surface area contributed by atoms with Crippen LogP contribution in [0.15, 0.2) is 66.7 Å². The maximum atomic E-state index is 13.2. The van der Waals surface area contributed by atoms with Crippen molar-refractivity contribution in [3.05, 3.63) is 77.9 Å². The Labute approximate surface area is 181 Å². The van der Waals surface area contributed by atoms with Crippen LogP contribution < -0.4 is 10.6 Å². The minimum Gasteiger partial charge on any atom is -0.325 e. The molecule has 0 radical (unpaired) electrons. The summed E-state index contributed by atoms with van der Waals surface area (Å²) in [7, 11) is 0. The van der Waals surface area contributed by atoms with Gasteiger partial charge in [0.05, 0.1) is 5.56 Å². The van der Waals surface area contributed by atoms with Crippen molar-refractivity contribution in [1.29, 1.82) is 0 Å². The number of benzene rings is 3. The Bertz CT molecular complexity index is 1220. The van der Waals surface area contributed by atoms with Gasteiger partial charge in [0.1, 0.15) is 12.1 Å². The maximum Gasteiger partial charge on any atom is 0.416 e. The van der Waals surface area contributed by atoms with Crippen LogP contribution in [0.3, 0.4) is 0 Å². The lowest BCUT2D eigenvalue weighted by Gasteiger charge is -2.24. The lowest BCUT2D eigenvalue weighted by atomic mass is 9.88. The average Bonchev–Trinajstić information content (AvgIpc) is 2.97. The van der Waals surface area contributed by atoms with E-state index in [9.17, 15) is 27.6 Å². The molecule has 3 aromatic carbocycles. The van der Waals surface area contributed by atoms with Crippen molar-refractivity contribution in [2.24, 2.45) is 0 Å². The molecular weight excluding hydrogens is 423 g/mol. The fourth-order valence-electron chi connectivity index (χ4n) is 3.77. The molecule has 0 bridgehead atoms. The molecule has 6 nitrogen and oxygen atoms in total. The summed E-state index contributed by atoms with van der Waals surface area (Å²) in [6, 6.07) is 16.0. The fraction of sp³-hybridized carbons (Fsp3) is 0.174. The van der Waals surface area contributed by atoms with Crippen molar-refractivity contribution in [3.8, 4) is 0 Å². The van der Waals surface area contributed by atoms with Crippen molar-refractivity contribution in [1.82, 2.24) is 10.2 Å². The first-order valence-corrected chi connectivity index (χ1v) is 9.69. The normalized spacial score (nSPS) is 18.7. The van der Waals surface area contributed by atoms with Gasteiger partial charge in [-0.15, -0.1) is 0 Å². The first kappa shape index (κ1) is 21.4. The minimum atomic E-state index is -4.49. The summed E-state index contributed by atoms with van der Waals surface area (Å²) in [5.41, 5.74) is -1.51. The average molecular weight is 441 g/mol. The van der Waals surface area contributed by atoms with E-state index in [1.807, 2.05) is 30.3 Å². The monoisotopic (exact) mass is 441 g/mol. The van der Waals surface area contributed by atoms with Crippen LogP contribution in [0.25, 0.3) is 10.8 Å². The van der Waals surface area contributed by atoms with Crippen LogP contribution in [0.4, 0.5) is 23.7 Å². The van der Waals surface area contributed by atoms with Gasteiger partial charge in [0.15, 0.2) is 0 Å². The third kappa shape index (κ3) is 3.77. The highest BCUT2D eigenvalue weighted by Gasteiger charge is 2.50. The predicted molar refractivity (Wildman–Crippen MR) is 112 cm³/mol. The number of alkyl halides is 3. The van der Waals surface area contributed by atoms with Crippen molar-refractivity contribution in [2.45, 2.75) is 18.6 Å². The van der Waals surface area contributed by atoms with E-state index in [1.54, 1.807) is 19.1 Å². The fourth-order valence-corrected chi connectivity index (χ4v) is 3.77. The Kier molecular flexibility index (Phi) is 5.12. The van der Waals surface area contributed by atoms with Gasteiger partial charge in [-0.2, -0.15) is 13.2 Å². The number of hydrogen-bond acceptors (Lipinski definition) is 3. The van der Waals surface area contributed by atoms with Crippen LogP contribution in [-0.2, 0) is 21.3 Å². The molecule has 1 saturated heterocycles. The number of nitrogens with zero attached hydrogens (tertiary/aromatic N) is 1. The van der Waals surface area contributed by atoms with Crippen LogP contribution in [0, 0.1) is 0 Å². The number of nitrogens with one attached hydrogen (secondary N) is 2. The van der Waals surface area contributed by atoms with E-state index in [-0.39, 0.29) is 5.69 Å². The van der Waals surface area contributed by atoms with Crippen LogP contribution in [-0.4, -0.2) is 29.3 Å². The maximum absolute atomic E-state index is 13.2. The number of carbonyl (C=O) groups is 3. The number of carbonyl (C=O) groups excluding carboxylic acids is 3. The molecule has 1 aliphatic rings. The molecule has 0 aromatic heterocycles. The SMILES string of the molecule is CC1(c2cccc3ccccc23)NC(=O)N(CC(=O)Nc2ccc(C(F)(F)F)cc2)C1=O. The second-order valence-corrected chi connectivity index (χ2v) is 7.60. The first-order valence-electron chi connectivity index (χ1n) is 9.69. The molecular formula is C23H18F3N3O3. The van der Waals surface area contributed by atoms with E-state index in [0.717, 1.165) is 39.9 Å². The quantitative estimate of drug-likeness (QED) is 0.594. The summed E-state index contributed by atoms with van der Waals surface area (Å²) in [5.74, 6) is -1.31. The van der Waals surface area contributed by atoms with Crippen molar-refractivity contribution in [2.75, 3.05) is 11.9 Å². The molecule has 3 aromatic rings. The van der Waals surface area contributed by atoms with Gasteiger partial charge in [-0.25, -0.2) is 4.79 Å². The highest BCUT2D eigenvalue weighted by Crippen LogP contribution is 2.34. The zero-order valence-corrected chi connectivity index (χ0v) is 16.9. The van der Waals surface area contributed by atoms with E-state index >= 15 is 0 Å². The van der Waals surface area contributed by atoms with Gasteiger partial charge >= 0.3 is 12.2 Å². The van der Waals surface area contributed by atoms with Crippen LogP contribution in [0.5, 0.6) is 0 Å². The second kappa shape index (κ2) is 7.67. The number of imide groups is 1. The zero-order valence-electron chi connectivity index (χ0n) is 16.9. The van der Waals surface area contributed by atoms with Crippen molar-refractivity contribution < 1.29 is 27.6 Å². The molecule has 4 rings (SSSR count). The Morgan fingerprint density at radius 3 is 2.34 bits per heavy atom. The number of rotatable bonds is 4. The van der Waals surface area contributed by atoms with Crippen LogP contribution >= 0.6 is 0 Å². The summed E-state index contributed by atoms with van der Waals surface area (Å²) in [5, 5.41) is 6.76. The lowest BCUT2D eigenvalue weighted by Crippen LogP contribution is -2.42. The van der Waals surface area contributed by atoms with E-state index in [4.69, 9.17) is 0 Å². The van der Waals surface area contributed by atoms with E-state index in [0.29, 0.717) is 5.56 Å².